The van der Waals surface area contributed by atoms with E-state index in [-0.39, 0.29) is 66.4 Å². The van der Waals surface area contributed by atoms with Gasteiger partial charge in [-0.2, -0.15) is 0 Å². The molecule has 0 fully saturated rings. The zero-order chi connectivity index (χ0) is 49.9. The third kappa shape index (κ3) is 10.1. The van der Waals surface area contributed by atoms with Gasteiger partial charge in [0.05, 0.1) is 66.1 Å². The van der Waals surface area contributed by atoms with Gasteiger partial charge in [0.15, 0.2) is 32.8 Å². The molecule has 14 nitrogen and oxygen atoms in total. The average molecular weight is 1050 g/mol. The first-order valence-corrected chi connectivity index (χ1v) is 26.3. The van der Waals surface area contributed by atoms with Crippen molar-refractivity contribution in [2.24, 2.45) is 9.98 Å². The molecular weight excluding hydrogens is 1000 g/mol. The number of anilines is 2. The number of carbonyl (C=O) groups is 3. The van der Waals surface area contributed by atoms with E-state index in [0.29, 0.717) is 90.0 Å². The highest BCUT2D eigenvalue weighted by Gasteiger charge is 2.38. The lowest BCUT2D eigenvalue weighted by molar-refractivity contribution is -0.119. The zero-order valence-corrected chi connectivity index (χ0v) is 42.1. The number of ether oxygens (including phenoxy) is 5. The molecule has 6 aromatic carbocycles. The van der Waals surface area contributed by atoms with Crippen LogP contribution in [0.25, 0.3) is 0 Å². The molecule has 4 aliphatic heterocycles. The molecule has 368 valence electrons. The maximum absolute atomic E-state index is 14.0. The maximum Gasteiger partial charge on any atom is 0.261 e. The van der Waals surface area contributed by atoms with Gasteiger partial charge >= 0.3 is 0 Å². The van der Waals surface area contributed by atoms with E-state index in [9.17, 15) is 22.8 Å². The standard InChI is InChI=1S/C56H51BrN4O10S/c1-67-51-27-45-47(58-31-40-25-37-10-3-5-14-49(37)60(40)55(45)63)29-53(51)70-33-35-22-36(24-43(23-35)69-20-8-7-12-42(62)13-9-21-72(65,66)44-18-16-39(57)17-19-44)34-71-54-30-48-46(28-52(54)68-2)56(64)61-41(32-59-48)26-38-11-4-6-15-50(38)61/h3-6,10-11,14-19,22-24,27-32,40-41H,7-9,12-13,20-21,25-26,33-34H2,1-2H3/t40-,41-/m0/s1. The summed E-state index contributed by atoms with van der Waals surface area (Å²) in [5.74, 6) is 1.67. The molecule has 0 aliphatic carbocycles. The van der Waals surface area contributed by atoms with Crippen molar-refractivity contribution >= 4 is 78.5 Å². The normalized spacial score (nSPS) is 16.2. The van der Waals surface area contributed by atoms with Gasteiger partial charge in [0.1, 0.15) is 24.7 Å². The Morgan fingerprint density at radius 2 is 1.14 bits per heavy atom. The van der Waals surface area contributed by atoms with Crippen LogP contribution >= 0.6 is 15.9 Å². The van der Waals surface area contributed by atoms with E-state index in [4.69, 9.17) is 33.7 Å². The summed E-state index contributed by atoms with van der Waals surface area (Å²) in [6.45, 7) is 0.492. The lowest BCUT2D eigenvalue weighted by Gasteiger charge is -2.22. The topological polar surface area (TPSA) is 163 Å². The summed E-state index contributed by atoms with van der Waals surface area (Å²) < 4.78 is 57.0. The highest BCUT2D eigenvalue weighted by atomic mass is 79.9. The smallest absolute Gasteiger partial charge is 0.261 e. The number of amides is 2. The highest BCUT2D eigenvalue weighted by molar-refractivity contribution is 9.10. The molecule has 2 amide bonds. The average Bonchev–Trinajstić information content (AvgIpc) is 3.88. The fraction of sp³-hybridized carbons (Fsp3) is 0.268. The number of para-hydroxylation sites is 2. The Kier molecular flexibility index (Phi) is 14.0. The number of hydrogen-bond acceptors (Lipinski definition) is 12. The van der Waals surface area contributed by atoms with E-state index >= 15 is 0 Å². The predicted molar refractivity (Wildman–Crippen MR) is 279 cm³/mol. The SMILES string of the molecule is COc1cc2c(cc1OCc1cc(COc3cc4c(cc3OC)C(=O)N3c5ccccc5C[C@H]3C=N4)cc(OCCCCC(=O)CCCS(=O)(=O)c3ccc(Br)cc3)c1)N=C[C@@H]1Cc3ccccc3N1C2=O. The van der Waals surface area contributed by atoms with Crippen molar-refractivity contribution < 1.29 is 46.5 Å². The number of unbranched alkanes of at least 4 members (excludes halogenated alkanes) is 1. The van der Waals surface area contributed by atoms with E-state index in [1.165, 1.54) is 14.2 Å². The lowest BCUT2D eigenvalue weighted by Crippen LogP contribution is -2.37. The van der Waals surface area contributed by atoms with E-state index in [1.54, 1.807) is 58.3 Å². The van der Waals surface area contributed by atoms with Crippen LogP contribution in [-0.4, -0.2) is 77.1 Å². The van der Waals surface area contributed by atoms with Crippen molar-refractivity contribution in [3.63, 3.8) is 0 Å². The first kappa shape index (κ1) is 48.3. The number of fused-ring (bicyclic) bond motifs is 8. The molecule has 0 saturated carbocycles. The van der Waals surface area contributed by atoms with E-state index in [2.05, 4.69) is 15.9 Å². The van der Waals surface area contributed by atoms with Crippen LogP contribution in [0, 0.1) is 0 Å². The summed E-state index contributed by atoms with van der Waals surface area (Å²) >= 11 is 3.33. The Labute approximate surface area is 426 Å². The van der Waals surface area contributed by atoms with Gasteiger partial charge in [-0.3, -0.25) is 34.2 Å². The minimum Gasteiger partial charge on any atom is -0.494 e. The lowest BCUT2D eigenvalue weighted by atomic mass is 10.1. The molecule has 0 radical (unpaired) electrons. The second kappa shape index (κ2) is 20.8. The van der Waals surface area contributed by atoms with Gasteiger partial charge in [0.25, 0.3) is 11.8 Å². The monoisotopic (exact) mass is 1050 g/mol. The van der Waals surface area contributed by atoms with Gasteiger partial charge in [-0.1, -0.05) is 52.3 Å². The molecule has 6 aromatic rings. The fourth-order valence-electron chi connectivity index (χ4n) is 9.64. The molecule has 72 heavy (non-hydrogen) atoms. The molecule has 0 bridgehead atoms. The van der Waals surface area contributed by atoms with Crippen LogP contribution in [0.2, 0.25) is 0 Å². The third-order valence-electron chi connectivity index (χ3n) is 13.2. The Morgan fingerprint density at radius 1 is 0.625 bits per heavy atom. The van der Waals surface area contributed by atoms with Gasteiger partial charge in [-0.15, -0.1) is 0 Å². The zero-order valence-electron chi connectivity index (χ0n) is 39.7. The number of halogens is 1. The molecule has 2 atom stereocenters. The summed E-state index contributed by atoms with van der Waals surface area (Å²) in [5, 5.41) is 0. The second-order valence-electron chi connectivity index (χ2n) is 18.0. The number of methoxy groups -OCH3 is 2. The summed E-state index contributed by atoms with van der Waals surface area (Å²) in [6.07, 6.45) is 6.86. The molecule has 4 aliphatic rings. The first-order chi connectivity index (χ1) is 35.0. The van der Waals surface area contributed by atoms with Crippen LogP contribution in [0.3, 0.4) is 0 Å². The molecule has 10 rings (SSSR count). The number of aliphatic imine (C=N–C) groups is 2. The second-order valence-corrected chi connectivity index (χ2v) is 21.1. The number of ketones is 1. The van der Waals surface area contributed by atoms with Crippen molar-refractivity contribution in [2.45, 2.75) is 75.1 Å². The quantitative estimate of drug-likeness (QED) is 0.0714. The molecule has 0 N–H and O–H groups in total. The van der Waals surface area contributed by atoms with Crippen LogP contribution < -0.4 is 33.5 Å². The van der Waals surface area contributed by atoms with Crippen molar-refractivity contribution in [1.29, 1.82) is 0 Å². The van der Waals surface area contributed by atoms with Crippen LogP contribution in [0.1, 0.15) is 75.1 Å². The predicted octanol–water partition coefficient (Wildman–Crippen LogP) is 10.6. The summed E-state index contributed by atoms with van der Waals surface area (Å²) in [7, 11) is -0.428. The number of hydrogen-bond donors (Lipinski definition) is 0. The molecule has 0 spiro atoms. The number of nitrogens with zero attached hydrogens (tertiary/aromatic N) is 4. The van der Waals surface area contributed by atoms with E-state index in [1.807, 2.05) is 79.2 Å². The Hall–Kier alpha value is -7.30. The molecule has 0 saturated heterocycles. The molecule has 0 aromatic heterocycles. The number of carbonyl (C=O) groups excluding carboxylic acids is 3. The van der Waals surface area contributed by atoms with E-state index in [0.717, 1.165) is 38.1 Å². The van der Waals surface area contributed by atoms with Crippen molar-refractivity contribution in [1.82, 2.24) is 0 Å². The van der Waals surface area contributed by atoms with Crippen molar-refractivity contribution in [3.8, 4) is 28.7 Å². The first-order valence-electron chi connectivity index (χ1n) is 23.8. The Bertz CT molecular complexity index is 3110. The van der Waals surface area contributed by atoms with Crippen LogP contribution in [0.5, 0.6) is 28.7 Å². The summed E-state index contributed by atoms with van der Waals surface area (Å²) in [6, 6.07) is 34.3. The van der Waals surface area contributed by atoms with Gasteiger partial charge < -0.3 is 23.7 Å². The Balaban J connectivity index is 0.836. The van der Waals surface area contributed by atoms with Crippen molar-refractivity contribution in [2.75, 3.05) is 36.4 Å². The van der Waals surface area contributed by atoms with Gasteiger partial charge in [0, 0.05) is 66.1 Å². The minimum absolute atomic E-state index is 0.00236. The fourth-order valence-corrected chi connectivity index (χ4v) is 11.2. The molecule has 16 heteroatoms. The number of Topliss-reactive ketones (excluding diaryl/α,β-unsaturated/α-hetero) is 1. The molecular formula is C56H51BrN4O10S. The number of sulfone groups is 1. The third-order valence-corrected chi connectivity index (χ3v) is 15.6. The summed E-state index contributed by atoms with van der Waals surface area (Å²) in [4.78, 5) is 54.2. The number of rotatable bonds is 19. The largest absolute Gasteiger partial charge is 0.494 e. The van der Waals surface area contributed by atoms with Gasteiger partial charge in [-0.05, 0) is 108 Å². The van der Waals surface area contributed by atoms with Gasteiger partial charge in [-0.25, -0.2) is 8.42 Å². The Morgan fingerprint density at radius 3 is 1.67 bits per heavy atom. The van der Waals surface area contributed by atoms with Crippen LogP contribution in [0.15, 0.2) is 135 Å². The maximum atomic E-state index is 14.0. The minimum atomic E-state index is -3.48. The van der Waals surface area contributed by atoms with Gasteiger partial charge in [0.2, 0.25) is 0 Å². The highest BCUT2D eigenvalue weighted by Crippen LogP contribution is 2.43. The van der Waals surface area contributed by atoms with Crippen LogP contribution in [-0.2, 0) is 40.7 Å². The molecule has 0 unspecified atom stereocenters. The van der Waals surface area contributed by atoms with E-state index < -0.39 is 9.84 Å². The summed E-state index contributed by atoms with van der Waals surface area (Å²) in [5.41, 5.74) is 7.19. The van der Waals surface area contributed by atoms with Crippen molar-refractivity contribution in [3.05, 3.63) is 153 Å². The molecule has 4 heterocycles. The van der Waals surface area contributed by atoms with Crippen LogP contribution in [0.4, 0.5) is 22.7 Å². The number of benzene rings is 6.